The summed E-state index contributed by atoms with van der Waals surface area (Å²) in [6.45, 7) is 4.65. The molecule has 0 aliphatic carbocycles. The van der Waals surface area contributed by atoms with E-state index in [1.54, 1.807) is 12.1 Å². The van der Waals surface area contributed by atoms with E-state index in [1.807, 2.05) is 43.0 Å². The van der Waals surface area contributed by atoms with Gasteiger partial charge in [-0.15, -0.1) is 0 Å². The predicted octanol–water partition coefficient (Wildman–Crippen LogP) is 3.58. The fraction of sp³-hybridized carbons (Fsp3) is 0.188. The van der Waals surface area contributed by atoms with Crippen molar-refractivity contribution in [2.75, 3.05) is 11.4 Å². The molecule has 0 radical (unpaired) electrons. The number of para-hydroxylation sites is 1. The van der Waals surface area contributed by atoms with Crippen molar-refractivity contribution >= 4 is 17.2 Å². The molecule has 2 aromatic carbocycles. The molecule has 0 aliphatic rings. The summed E-state index contributed by atoms with van der Waals surface area (Å²) in [7, 11) is 0. The summed E-state index contributed by atoms with van der Waals surface area (Å²) in [6.07, 6.45) is 0. The van der Waals surface area contributed by atoms with Crippen LogP contribution in [-0.2, 0) is 0 Å². The Hall–Kier alpha value is -2.36. The van der Waals surface area contributed by atoms with E-state index in [-0.39, 0.29) is 11.4 Å². The van der Waals surface area contributed by atoms with Crippen LogP contribution in [0.2, 0.25) is 0 Å². The number of nitrogens with one attached hydrogen (secondary N) is 1. The molecule has 0 fully saturated rings. The second-order valence-electron chi connectivity index (χ2n) is 4.58. The van der Waals surface area contributed by atoms with Crippen LogP contribution in [0.4, 0.5) is 15.8 Å². The molecule has 104 valence electrons. The van der Waals surface area contributed by atoms with Crippen molar-refractivity contribution in [1.82, 2.24) is 0 Å². The van der Waals surface area contributed by atoms with E-state index in [9.17, 15) is 4.39 Å². The van der Waals surface area contributed by atoms with Crippen molar-refractivity contribution in [2.45, 2.75) is 13.8 Å². The second-order valence-corrected chi connectivity index (χ2v) is 4.58. The SMILES string of the molecule is CCN(c1ccccc1C)c1cccc(F)c1C(=N)N. The Labute approximate surface area is 118 Å². The monoisotopic (exact) mass is 271 g/mol. The molecular weight excluding hydrogens is 253 g/mol. The van der Waals surface area contributed by atoms with Gasteiger partial charge in [-0.25, -0.2) is 4.39 Å². The number of aryl methyl sites for hydroxylation is 1. The highest BCUT2D eigenvalue weighted by Gasteiger charge is 2.18. The maximum atomic E-state index is 14.0. The average Bonchev–Trinajstić information content (AvgIpc) is 2.41. The van der Waals surface area contributed by atoms with Gasteiger partial charge in [-0.1, -0.05) is 24.3 Å². The smallest absolute Gasteiger partial charge is 0.136 e. The molecule has 20 heavy (non-hydrogen) atoms. The highest BCUT2D eigenvalue weighted by molar-refractivity contribution is 6.01. The van der Waals surface area contributed by atoms with E-state index in [1.165, 1.54) is 6.07 Å². The summed E-state index contributed by atoms with van der Waals surface area (Å²) < 4.78 is 14.0. The molecule has 2 aromatic rings. The topological polar surface area (TPSA) is 53.1 Å². The van der Waals surface area contributed by atoms with Gasteiger partial charge < -0.3 is 10.6 Å². The Morgan fingerprint density at radius 2 is 1.80 bits per heavy atom. The number of anilines is 2. The number of nitrogens with two attached hydrogens (primary N) is 1. The predicted molar refractivity (Wildman–Crippen MR) is 81.3 cm³/mol. The Balaban J connectivity index is 2.62. The van der Waals surface area contributed by atoms with E-state index in [0.717, 1.165) is 11.3 Å². The molecule has 0 aromatic heterocycles. The Morgan fingerprint density at radius 3 is 2.40 bits per heavy atom. The van der Waals surface area contributed by atoms with E-state index in [4.69, 9.17) is 11.1 Å². The lowest BCUT2D eigenvalue weighted by Gasteiger charge is -2.27. The molecule has 0 bridgehead atoms. The Bertz CT molecular complexity index is 637. The van der Waals surface area contributed by atoms with Crippen molar-refractivity contribution in [3.05, 3.63) is 59.4 Å². The van der Waals surface area contributed by atoms with Gasteiger partial charge in [0.15, 0.2) is 0 Å². The average molecular weight is 271 g/mol. The number of amidine groups is 1. The Morgan fingerprint density at radius 1 is 1.15 bits per heavy atom. The van der Waals surface area contributed by atoms with Crippen LogP contribution >= 0.6 is 0 Å². The van der Waals surface area contributed by atoms with Crippen LogP contribution in [0, 0.1) is 18.2 Å². The summed E-state index contributed by atoms with van der Waals surface area (Å²) in [4.78, 5) is 1.97. The first-order valence-corrected chi connectivity index (χ1v) is 6.52. The molecule has 2 rings (SSSR count). The maximum Gasteiger partial charge on any atom is 0.136 e. The molecule has 0 saturated heterocycles. The van der Waals surface area contributed by atoms with Crippen molar-refractivity contribution < 1.29 is 4.39 Å². The lowest BCUT2D eigenvalue weighted by Crippen LogP contribution is -2.23. The number of rotatable bonds is 4. The third-order valence-corrected chi connectivity index (χ3v) is 3.27. The third-order valence-electron chi connectivity index (χ3n) is 3.27. The van der Waals surface area contributed by atoms with Crippen LogP contribution in [-0.4, -0.2) is 12.4 Å². The largest absolute Gasteiger partial charge is 0.384 e. The van der Waals surface area contributed by atoms with Crippen molar-refractivity contribution in [3.8, 4) is 0 Å². The highest BCUT2D eigenvalue weighted by atomic mass is 19.1. The summed E-state index contributed by atoms with van der Waals surface area (Å²) in [6, 6.07) is 12.6. The fourth-order valence-corrected chi connectivity index (χ4v) is 2.34. The molecule has 3 N–H and O–H groups in total. The number of hydrogen-bond donors (Lipinski definition) is 2. The van der Waals surface area contributed by atoms with Gasteiger partial charge in [0.05, 0.1) is 11.3 Å². The zero-order chi connectivity index (χ0) is 14.7. The first-order valence-electron chi connectivity index (χ1n) is 6.52. The van der Waals surface area contributed by atoms with E-state index < -0.39 is 5.82 Å². The quantitative estimate of drug-likeness (QED) is 0.659. The number of nitrogens with zero attached hydrogens (tertiary/aromatic N) is 1. The zero-order valence-corrected chi connectivity index (χ0v) is 11.7. The molecule has 0 atom stereocenters. The number of hydrogen-bond acceptors (Lipinski definition) is 2. The molecular formula is C16H18FN3. The normalized spacial score (nSPS) is 10.3. The molecule has 0 unspecified atom stereocenters. The third kappa shape index (κ3) is 2.50. The summed E-state index contributed by atoms with van der Waals surface area (Å²) >= 11 is 0. The Kier molecular flexibility index (Phi) is 4.03. The van der Waals surface area contributed by atoms with Crippen LogP contribution in [0.3, 0.4) is 0 Å². The minimum Gasteiger partial charge on any atom is -0.384 e. The molecule has 0 heterocycles. The van der Waals surface area contributed by atoms with Gasteiger partial charge in [0, 0.05) is 12.2 Å². The van der Waals surface area contributed by atoms with Gasteiger partial charge >= 0.3 is 0 Å². The minimum atomic E-state index is -0.470. The number of benzene rings is 2. The second kappa shape index (κ2) is 5.74. The standard InChI is InChI=1S/C16H18FN3/c1-3-20(13-9-5-4-7-11(13)2)14-10-6-8-12(17)15(14)16(18)19/h4-10H,3H2,1-2H3,(H3,18,19). The molecule has 4 heteroatoms. The van der Waals surface area contributed by atoms with Crippen molar-refractivity contribution in [3.63, 3.8) is 0 Å². The van der Waals surface area contributed by atoms with E-state index in [0.29, 0.717) is 12.2 Å². The van der Waals surface area contributed by atoms with Crippen LogP contribution in [0.15, 0.2) is 42.5 Å². The zero-order valence-electron chi connectivity index (χ0n) is 11.7. The first-order chi connectivity index (χ1) is 9.56. The molecule has 0 aliphatic heterocycles. The van der Waals surface area contributed by atoms with Crippen LogP contribution in [0.1, 0.15) is 18.1 Å². The highest BCUT2D eigenvalue weighted by Crippen LogP contribution is 2.31. The van der Waals surface area contributed by atoms with Gasteiger partial charge in [0.25, 0.3) is 0 Å². The van der Waals surface area contributed by atoms with Crippen molar-refractivity contribution in [2.24, 2.45) is 5.73 Å². The lowest BCUT2D eigenvalue weighted by atomic mass is 10.1. The van der Waals surface area contributed by atoms with Gasteiger partial charge in [0.1, 0.15) is 11.7 Å². The van der Waals surface area contributed by atoms with Gasteiger partial charge in [-0.05, 0) is 37.6 Å². The fourth-order valence-electron chi connectivity index (χ4n) is 2.34. The minimum absolute atomic E-state index is 0.151. The van der Waals surface area contributed by atoms with Crippen LogP contribution in [0.5, 0.6) is 0 Å². The van der Waals surface area contributed by atoms with Gasteiger partial charge in [-0.2, -0.15) is 0 Å². The summed E-state index contributed by atoms with van der Waals surface area (Å²) in [5, 5.41) is 7.61. The number of halogens is 1. The first kappa shape index (κ1) is 14.1. The molecule has 3 nitrogen and oxygen atoms in total. The summed E-state index contributed by atoms with van der Waals surface area (Å²) in [5.74, 6) is -0.729. The van der Waals surface area contributed by atoms with Crippen LogP contribution < -0.4 is 10.6 Å². The maximum absolute atomic E-state index is 14.0. The van der Waals surface area contributed by atoms with Crippen molar-refractivity contribution in [1.29, 1.82) is 5.41 Å². The van der Waals surface area contributed by atoms with Crippen LogP contribution in [0.25, 0.3) is 0 Å². The van der Waals surface area contributed by atoms with E-state index >= 15 is 0 Å². The summed E-state index contributed by atoms with van der Waals surface area (Å²) in [5.41, 5.74) is 8.39. The number of nitrogen functional groups attached to an aromatic ring is 1. The van der Waals surface area contributed by atoms with Gasteiger partial charge in [-0.3, -0.25) is 5.41 Å². The van der Waals surface area contributed by atoms with Gasteiger partial charge in [0.2, 0.25) is 0 Å². The van der Waals surface area contributed by atoms with E-state index in [2.05, 4.69) is 0 Å². The lowest BCUT2D eigenvalue weighted by molar-refractivity contribution is 0.624. The molecule has 0 spiro atoms. The molecule has 0 saturated carbocycles. The molecule has 0 amide bonds.